The molecule has 0 N–H and O–H groups in total. The number of hydrogen-bond donors (Lipinski definition) is 0. The number of likely N-dealkylation sites (tertiary alicyclic amines) is 1. The highest BCUT2D eigenvalue weighted by Crippen LogP contribution is 2.30. The minimum absolute atomic E-state index is 0.0163. The average Bonchev–Trinajstić information content (AvgIpc) is 3.31. The summed E-state index contributed by atoms with van der Waals surface area (Å²) in [5.41, 5.74) is 0.622. The third-order valence-electron chi connectivity index (χ3n) is 4.60. The highest BCUT2D eigenvalue weighted by Gasteiger charge is 2.29. The van der Waals surface area contributed by atoms with Crippen molar-refractivity contribution in [1.29, 1.82) is 0 Å². The Morgan fingerprint density at radius 3 is 2.69 bits per heavy atom. The van der Waals surface area contributed by atoms with E-state index in [1.165, 1.54) is 0 Å². The van der Waals surface area contributed by atoms with Gasteiger partial charge < -0.3 is 18.9 Å². The van der Waals surface area contributed by atoms with E-state index in [1.54, 1.807) is 18.5 Å². The van der Waals surface area contributed by atoms with Crippen LogP contribution in [0.1, 0.15) is 49.4 Å². The lowest BCUT2D eigenvalue weighted by molar-refractivity contribution is 0.0787. The molecule has 2 aromatic rings. The van der Waals surface area contributed by atoms with Gasteiger partial charge in [0, 0.05) is 25.1 Å². The van der Waals surface area contributed by atoms with Crippen LogP contribution >= 0.6 is 0 Å². The van der Waals surface area contributed by atoms with Crippen molar-refractivity contribution in [2.45, 2.75) is 39.7 Å². The molecule has 3 rings (SSSR count). The molecular weight excluding hydrogens is 332 g/mol. The van der Waals surface area contributed by atoms with Gasteiger partial charge in [0.25, 0.3) is 5.91 Å². The van der Waals surface area contributed by atoms with Crippen LogP contribution in [0.3, 0.4) is 0 Å². The van der Waals surface area contributed by atoms with Crippen LogP contribution in [-0.4, -0.2) is 51.9 Å². The molecule has 1 aliphatic heterocycles. The smallest absolute Gasteiger partial charge is 0.254 e. The fraction of sp³-hybridized carbons (Fsp3) is 0.526. The summed E-state index contributed by atoms with van der Waals surface area (Å²) < 4.78 is 13.3. The number of aryl methyl sites for hydroxylation is 1. The van der Waals surface area contributed by atoms with E-state index in [-0.39, 0.29) is 11.9 Å². The number of rotatable bonds is 7. The number of carbonyl (C=O) groups excluding carboxylic acids is 1. The van der Waals surface area contributed by atoms with Gasteiger partial charge in [0.15, 0.2) is 11.5 Å². The summed E-state index contributed by atoms with van der Waals surface area (Å²) in [7, 11) is 0. The highest BCUT2D eigenvalue weighted by molar-refractivity contribution is 5.95. The summed E-state index contributed by atoms with van der Waals surface area (Å²) in [4.78, 5) is 14.8. The molecule has 26 heavy (non-hydrogen) atoms. The Kier molecular flexibility index (Phi) is 5.75. The monoisotopic (exact) mass is 358 g/mol. The summed E-state index contributed by atoms with van der Waals surface area (Å²) in [6.45, 7) is 8.38. The molecule has 7 heteroatoms. The van der Waals surface area contributed by atoms with E-state index >= 15 is 0 Å². The molecule has 1 aromatic carbocycles. The van der Waals surface area contributed by atoms with Gasteiger partial charge in [-0.05, 0) is 38.5 Å². The van der Waals surface area contributed by atoms with Gasteiger partial charge in [0.1, 0.15) is 12.2 Å². The zero-order chi connectivity index (χ0) is 18.5. The number of benzene rings is 1. The van der Waals surface area contributed by atoms with Crippen LogP contribution in [0.25, 0.3) is 0 Å². The highest BCUT2D eigenvalue weighted by atomic mass is 16.5. The van der Waals surface area contributed by atoms with Crippen LogP contribution in [0, 0.1) is 0 Å². The lowest BCUT2D eigenvalue weighted by Gasteiger charge is -2.19. The maximum atomic E-state index is 12.9. The second-order valence-electron chi connectivity index (χ2n) is 6.23. The maximum absolute atomic E-state index is 12.9. The van der Waals surface area contributed by atoms with Crippen LogP contribution in [0.15, 0.2) is 24.5 Å². The Bertz CT molecular complexity index is 759. The lowest BCUT2D eigenvalue weighted by Crippen LogP contribution is -2.29. The third-order valence-corrected chi connectivity index (χ3v) is 4.60. The summed E-state index contributed by atoms with van der Waals surface area (Å²) in [5, 5.41) is 8.15. The van der Waals surface area contributed by atoms with Crippen molar-refractivity contribution >= 4 is 5.91 Å². The van der Waals surface area contributed by atoms with Crippen molar-refractivity contribution in [1.82, 2.24) is 19.7 Å². The molecule has 7 nitrogen and oxygen atoms in total. The van der Waals surface area contributed by atoms with Crippen molar-refractivity contribution in [3.05, 3.63) is 35.9 Å². The standard InChI is InChI=1S/C19H26N4O3/c1-4-18-21-20-13-23(18)15-9-10-22(12-15)19(24)14-7-8-16(25-5-2)17(11-14)26-6-3/h7-8,11,13,15H,4-6,9-10,12H2,1-3H3/t15-/m0/s1. The molecule has 140 valence electrons. The van der Waals surface area contributed by atoms with Gasteiger partial charge in [-0.2, -0.15) is 0 Å². The number of ether oxygens (including phenoxy) is 2. The fourth-order valence-electron chi connectivity index (χ4n) is 3.34. The summed E-state index contributed by atoms with van der Waals surface area (Å²) >= 11 is 0. The first-order valence-corrected chi connectivity index (χ1v) is 9.25. The molecule has 0 radical (unpaired) electrons. The minimum Gasteiger partial charge on any atom is -0.490 e. The zero-order valence-electron chi connectivity index (χ0n) is 15.6. The molecule has 1 amide bonds. The Balaban J connectivity index is 1.74. The van der Waals surface area contributed by atoms with Crippen molar-refractivity contribution in [2.24, 2.45) is 0 Å². The Morgan fingerprint density at radius 1 is 1.19 bits per heavy atom. The molecule has 0 unspecified atom stereocenters. The van der Waals surface area contributed by atoms with Crippen LogP contribution < -0.4 is 9.47 Å². The van der Waals surface area contributed by atoms with E-state index in [9.17, 15) is 4.79 Å². The number of carbonyl (C=O) groups is 1. The fourth-order valence-corrected chi connectivity index (χ4v) is 3.34. The topological polar surface area (TPSA) is 69.5 Å². The van der Waals surface area contributed by atoms with Crippen LogP contribution in [0.4, 0.5) is 0 Å². The van der Waals surface area contributed by atoms with E-state index in [2.05, 4.69) is 21.7 Å². The average molecular weight is 358 g/mol. The van der Waals surface area contributed by atoms with Gasteiger partial charge in [-0.1, -0.05) is 6.92 Å². The van der Waals surface area contributed by atoms with Crippen LogP contribution in [0.2, 0.25) is 0 Å². The molecule has 1 aliphatic rings. The summed E-state index contributed by atoms with van der Waals surface area (Å²) in [6, 6.07) is 5.63. The predicted octanol–water partition coefficient (Wildman–Crippen LogP) is 2.73. The first-order valence-electron chi connectivity index (χ1n) is 9.25. The molecule has 1 fully saturated rings. The molecule has 0 saturated carbocycles. The molecule has 0 aliphatic carbocycles. The lowest BCUT2D eigenvalue weighted by atomic mass is 10.1. The first kappa shape index (κ1) is 18.2. The molecule has 0 bridgehead atoms. The molecule has 1 saturated heterocycles. The van der Waals surface area contributed by atoms with Gasteiger partial charge in [-0.3, -0.25) is 4.79 Å². The van der Waals surface area contributed by atoms with E-state index < -0.39 is 0 Å². The van der Waals surface area contributed by atoms with Crippen molar-refractivity contribution in [3.63, 3.8) is 0 Å². The van der Waals surface area contributed by atoms with E-state index in [0.29, 0.717) is 36.8 Å². The number of aromatic nitrogens is 3. The normalized spacial score (nSPS) is 16.7. The number of hydrogen-bond acceptors (Lipinski definition) is 5. The molecule has 1 atom stereocenters. The first-order chi connectivity index (χ1) is 12.7. The van der Waals surface area contributed by atoms with Crippen LogP contribution in [0.5, 0.6) is 11.5 Å². The molecule has 2 heterocycles. The Morgan fingerprint density at radius 2 is 1.96 bits per heavy atom. The van der Waals surface area contributed by atoms with E-state index in [1.807, 2.05) is 24.8 Å². The zero-order valence-corrected chi connectivity index (χ0v) is 15.6. The van der Waals surface area contributed by atoms with Gasteiger partial charge in [-0.15, -0.1) is 10.2 Å². The van der Waals surface area contributed by atoms with Crippen molar-refractivity contribution in [3.8, 4) is 11.5 Å². The van der Waals surface area contributed by atoms with Gasteiger partial charge in [0.2, 0.25) is 0 Å². The SMILES string of the molecule is CCOc1ccc(C(=O)N2CC[C@H](n3cnnc3CC)C2)cc1OCC. The largest absolute Gasteiger partial charge is 0.490 e. The predicted molar refractivity (Wildman–Crippen MR) is 97.7 cm³/mol. The van der Waals surface area contributed by atoms with Crippen molar-refractivity contribution < 1.29 is 14.3 Å². The van der Waals surface area contributed by atoms with E-state index in [0.717, 1.165) is 25.2 Å². The third kappa shape index (κ3) is 3.66. The number of amides is 1. The van der Waals surface area contributed by atoms with Crippen molar-refractivity contribution in [2.75, 3.05) is 26.3 Å². The van der Waals surface area contributed by atoms with Gasteiger partial charge >= 0.3 is 0 Å². The molecule has 1 aromatic heterocycles. The number of nitrogens with zero attached hydrogens (tertiary/aromatic N) is 4. The van der Waals surface area contributed by atoms with E-state index in [4.69, 9.17) is 9.47 Å². The summed E-state index contributed by atoms with van der Waals surface area (Å²) in [6.07, 6.45) is 3.51. The maximum Gasteiger partial charge on any atom is 0.254 e. The molecular formula is C19H26N4O3. The minimum atomic E-state index is 0.0163. The second kappa shape index (κ2) is 8.21. The van der Waals surface area contributed by atoms with Gasteiger partial charge in [0.05, 0.1) is 19.3 Å². The molecule has 0 spiro atoms. The summed E-state index contributed by atoms with van der Waals surface area (Å²) in [5.74, 6) is 2.26. The van der Waals surface area contributed by atoms with Crippen LogP contribution in [-0.2, 0) is 6.42 Å². The second-order valence-corrected chi connectivity index (χ2v) is 6.23. The Labute approximate surface area is 153 Å². The quantitative estimate of drug-likeness (QED) is 0.761. The van der Waals surface area contributed by atoms with Gasteiger partial charge in [-0.25, -0.2) is 0 Å². The Hall–Kier alpha value is -2.57.